The first-order chi connectivity index (χ1) is 12.8. The van der Waals surface area contributed by atoms with E-state index in [4.69, 9.17) is 0 Å². The molecular formula is C18H20FN3O4S. The van der Waals surface area contributed by atoms with Crippen LogP contribution in [0.5, 0.6) is 0 Å². The van der Waals surface area contributed by atoms with Crippen LogP contribution in [0.25, 0.3) is 0 Å². The minimum absolute atomic E-state index is 0.0354. The van der Waals surface area contributed by atoms with Gasteiger partial charge in [0.25, 0.3) is 5.69 Å². The van der Waals surface area contributed by atoms with Crippen molar-refractivity contribution in [3.8, 4) is 0 Å². The standard InChI is InChI=1S/C18H20FN3O4S/c1-14(15-5-7-16(19)8-6-15)20-9-11-21(12-10-20)27(25,26)18-4-2-3-17(13-18)22(23)24/h2-8,13-14H,9-12H2,1H3. The first kappa shape index (κ1) is 19.4. The molecule has 2 aromatic rings. The van der Waals surface area contributed by atoms with Crippen LogP contribution in [0.15, 0.2) is 53.4 Å². The van der Waals surface area contributed by atoms with Crippen LogP contribution in [0.2, 0.25) is 0 Å². The number of halogens is 1. The van der Waals surface area contributed by atoms with Crippen molar-refractivity contribution < 1.29 is 17.7 Å². The van der Waals surface area contributed by atoms with Gasteiger partial charge in [-0.25, -0.2) is 12.8 Å². The Balaban J connectivity index is 1.70. The monoisotopic (exact) mass is 393 g/mol. The minimum atomic E-state index is -3.78. The average Bonchev–Trinajstić information content (AvgIpc) is 2.68. The van der Waals surface area contributed by atoms with Gasteiger partial charge in [0.2, 0.25) is 10.0 Å². The Morgan fingerprint density at radius 3 is 2.30 bits per heavy atom. The van der Waals surface area contributed by atoms with E-state index in [0.29, 0.717) is 13.1 Å². The van der Waals surface area contributed by atoms with Crippen LogP contribution in [0, 0.1) is 15.9 Å². The molecule has 144 valence electrons. The number of hydrogen-bond acceptors (Lipinski definition) is 5. The third kappa shape index (κ3) is 4.15. The maximum Gasteiger partial charge on any atom is 0.270 e. The SMILES string of the molecule is CC(c1ccc(F)cc1)N1CCN(S(=O)(=O)c2cccc([N+](=O)[O-])c2)CC1. The van der Waals surface area contributed by atoms with E-state index < -0.39 is 14.9 Å². The van der Waals surface area contributed by atoms with Crippen LogP contribution in [-0.4, -0.2) is 48.7 Å². The van der Waals surface area contributed by atoms with Crippen molar-refractivity contribution in [2.45, 2.75) is 17.9 Å². The Morgan fingerprint density at radius 2 is 1.70 bits per heavy atom. The van der Waals surface area contributed by atoms with E-state index in [1.54, 1.807) is 12.1 Å². The average molecular weight is 393 g/mol. The van der Waals surface area contributed by atoms with Crippen LogP contribution >= 0.6 is 0 Å². The molecule has 2 aromatic carbocycles. The molecule has 1 fully saturated rings. The number of nitro groups is 1. The Kier molecular flexibility index (Phi) is 5.54. The second-order valence-electron chi connectivity index (χ2n) is 6.42. The molecule has 1 aliphatic rings. The summed E-state index contributed by atoms with van der Waals surface area (Å²) >= 11 is 0. The molecule has 0 aromatic heterocycles. The molecule has 0 spiro atoms. The number of piperazine rings is 1. The van der Waals surface area contributed by atoms with Crippen LogP contribution < -0.4 is 0 Å². The van der Waals surface area contributed by atoms with Gasteiger partial charge in [-0.05, 0) is 30.7 Å². The lowest BCUT2D eigenvalue weighted by molar-refractivity contribution is -0.385. The van der Waals surface area contributed by atoms with Crippen LogP contribution in [0.4, 0.5) is 10.1 Å². The Morgan fingerprint density at radius 1 is 1.07 bits per heavy atom. The lowest BCUT2D eigenvalue weighted by atomic mass is 10.1. The van der Waals surface area contributed by atoms with Gasteiger partial charge in [-0.15, -0.1) is 0 Å². The maximum absolute atomic E-state index is 13.1. The summed E-state index contributed by atoms with van der Waals surface area (Å²) in [5, 5.41) is 10.9. The highest BCUT2D eigenvalue weighted by atomic mass is 32.2. The highest BCUT2D eigenvalue weighted by molar-refractivity contribution is 7.89. The topological polar surface area (TPSA) is 83.8 Å². The maximum atomic E-state index is 13.1. The van der Waals surface area contributed by atoms with Crippen molar-refractivity contribution in [1.29, 1.82) is 0 Å². The molecule has 0 N–H and O–H groups in total. The van der Waals surface area contributed by atoms with E-state index in [0.717, 1.165) is 11.6 Å². The van der Waals surface area contributed by atoms with Gasteiger partial charge >= 0.3 is 0 Å². The summed E-state index contributed by atoms with van der Waals surface area (Å²) < 4.78 is 40.0. The van der Waals surface area contributed by atoms with Crippen LogP contribution in [0.1, 0.15) is 18.5 Å². The van der Waals surface area contributed by atoms with Crippen molar-refractivity contribution in [2.75, 3.05) is 26.2 Å². The molecule has 1 aliphatic heterocycles. The molecule has 1 unspecified atom stereocenters. The van der Waals surface area contributed by atoms with Crippen molar-refractivity contribution in [2.24, 2.45) is 0 Å². The second-order valence-corrected chi connectivity index (χ2v) is 8.36. The number of rotatable bonds is 5. The molecule has 3 rings (SSSR count). The van der Waals surface area contributed by atoms with E-state index in [-0.39, 0.29) is 35.5 Å². The molecule has 27 heavy (non-hydrogen) atoms. The smallest absolute Gasteiger partial charge is 0.270 e. The Bertz CT molecular complexity index is 926. The van der Waals surface area contributed by atoms with Crippen LogP contribution in [-0.2, 0) is 10.0 Å². The summed E-state index contributed by atoms with van der Waals surface area (Å²) in [6.45, 7) is 3.62. The largest absolute Gasteiger partial charge is 0.294 e. The Labute approximate surface area is 157 Å². The van der Waals surface area contributed by atoms with Crippen molar-refractivity contribution in [1.82, 2.24) is 9.21 Å². The Hall–Kier alpha value is -2.36. The molecule has 1 heterocycles. The van der Waals surface area contributed by atoms with Gasteiger partial charge in [-0.2, -0.15) is 4.31 Å². The van der Waals surface area contributed by atoms with Crippen molar-refractivity contribution in [3.05, 3.63) is 70.0 Å². The molecule has 1 atom stereocenters. The highest BCUT2D eigenvalue weighted by Crippen LogP contribution is 2.25. The predicted octanol–water partition coefficient (Wildman–Crippen LogP) is 2.80. The summed E-state index contributed by atoms with van der Waals surface area (Å²) in [7, 11) is -3.78. The fourth-order valence-electron chi connectivity index (χ4n) is 3.19. The zero-order valence-corrected chi connectivity index (χ0v) is 15.6. The number of nitro benzene ring substituents is 1. The van der Waals surface area contributed by atoms with E-state index in [2.05, 4.69) is 4.90 Å². The second kappa shape index (κ2) is 7.71. The summed E-state index contributed by atoms with van der Waals surface area (Å²) in [5.74, 6) is -0.293. The minimum Gasteiger partial charge on any atom is -0.294 e. The first-order valence-corrected chi connectivity index (χ1v) is 9.97. The lowest BCUT2D eigenvalue weighted by Crippen LogP contribution is -2.49. The zero-order chi connectivity index (χ0) is 19.6. The van der Waals surface area contributed by atoms with Gasteiger partial charge < -0.3 is 0 Å². The van der Waals surface area contributed by atoms with Gasteiger partial charge in [0.05, 0.1) is 9.82 Å². The van der Waals surface area contributed by atoms with Crippen molar-refractivity contribution >= 4 is 15.7 Å². The number of hydrogen-bond donors (Lipinski definition) is 0. The molecule has 9 heteroatoms. The summed E-state index contributed by atoms with van der Waals surface area (Å²) in [6.07, 6.45) is 0. The fourth-order valence-corrected chi connectivity index (χ4v) is 4.65. The zero-order valence-electron chi connectivity index (χ0n) is 14.8. The van der Waals surface area contributed by atoms with E-state index in [1.165, 1.54) is 34.6 Å². The highest BCUT2D eigenvalue weighted by Gasteiger charge is 2.31. The molecule has 0 bridgehead atoms. The molecule has 0 radical (unpaired) electrons. The fraction of sp³-hybridized carbons (Fsp3) is 0.333. The van der Waals surface area contributed by atoms with Gasteiger partial charge in [-0.1, -0.05) is 18.2 Å². The quantitative estimate of drug-likeness (QED) is 0.576. The summed E-state index contributed by atoms with van der Waals surface area (Å²) in [6, 6.07) is 11.4. The number of non-ortho nitro benzene ring substituents is 1. The van der Waals surface area contributed by atoms with Gasteiger partial charge in [0, 0.05) is 44.4 Å². The lowest BCUT2D eigenvalue weighted by Gasteiger charge is -2.37. The van der Waals surface area contributed by atoms with Gasteiger partial charge in [0.1, 0.15) is 5.82 Å². The predicted molar refractivity (Wildman–Crippen MR) is 98.2 cm³/mol. The third-order valence-electron chi connectivity index (χ3n) is 4.84. The molecular weight excluding hydrogens is 373 g/mol. The molecule has 0 amide bonds. The summed E-state index contributed by atoms with van der Waals surface area (Å²) in [5.41, 5.74) is 0.714. The number of benzene rings is 2. The number of nitrogens with zero attached hydrogens (tertiary/aromatic N) is 3. The van der Waals surface area contributed by atoms with Gasteiger partial charge in [-0.3, -0.25) is 15.0 Å². The van der Waals surface area contributed by atoms with E-state index in [9.17, 15) is 22.9 Å². The van der Waals surface area contributed by atoms with Crippen molar-refractivity contribution in [3.63, 3.8) is 0 Å². The number of sulfonamides is 1. The first-order valence-electron chi connectivity index (χ1n) is 8.53. The molecule has 7 nitrogen and oxygen atoms in total. The molecule has 0 aliphatic carbocycles. The molecule has 0 saturated carbocycles. The third-order valence-corrected chi connectivity index (χ3v) is 6.73. The van der Waals surface area contributed by atoms with E-state index >= 15 is 0 Å². The van der Waals surface area contributed by atoms with Gasteiger partial charge in [0.15, 0.2) is 0 Å². The molecule has 1 saturated heterocycles. The summed E-state index contributed by atoms with van der Waals surface area (Å²) in [4.78, 5) is 12.3. The van der Waals surface area contributed by atoms with Crippen LogP contribution in [0.3, 0.4) is 0 Å². The normalized spacial score (nSPS) is 17.6. The van der Waals surface area contributed by atoms with E-state index in [1.807, 2.05) is 6.92 Å².